The van der Waals surface area contributed by atoms with Gasteiger partial charge in [0, 0.05) is 68.6 Å². The number of aromatic nitrogens is 4. The highest BCUT2D eigenvalue weighted by atomic mass is 35.5. The van der Waals surface area contributed by atoms with E-state index in [4.69, 9.17) is 16.6 Å². The molecule has 0 atom stereocenters. The molecule has 27 heavy (non-hydrogen) atoms. The van der Waals surface area contributed by atoms with E-state index >= 15 is 0 Å². The van der Waals surface area contributed by atoms with Crippen molar-refractivity contribution in [3.8, 4) is 11.4 Å². The van der Waals surface area contributed by atoms with E-state index in [9.17, 15) is 0 Å². The fraction of sp³-hybridized carbons (Fsp3) is 0.300. The van der Waals surface area contributed by atoms with Gasteiger partial charge < -0.3 is 4.90 Å². The largest absolute Gasteiger partial charge is 0.354 e. The molecule has 1 fully saturated rings. The van der Waals surface area contributed by atoms with Crippen LogP contribution in [0.2, 0.25) is 5.02 Å². The topological polar surface area (TPSA) is 58.0 Å². The van der Waals surface area contributed by atoms with Crippen LogP contribution < -0.4 is 4.90 Å². The molecular formula is C20H21ClN6. The summed E-state index contributed by atoms with van der Waals surface area (Å²) in [5.41, 5.74) is 2.95. The number of pyridine rings is 2. The molecule has 138 valence electrons. The molecule has 0 amide bonds. The second kappa shape index (κ2) is 7.98. The van der Waals surface area contributed by atoms with Crippen LogP contribution in [0.4, 0.5) is 5.82 Å². The van der Waals surface area contributed by atoms with Crippen molar-refractivity contribution in [3.05, 3.63) is 65.3 Å². The van der Waals surface area contributed by atoms with Gasteiger partial charge in [0.25, 0.3) is 0 Å². The van der Waals surface area contributed by atoms with Crippen molar-refractivity contribution in [2.45, 2.75) is 13.5 Å². The molecule has 0 N–H and O–H groups in total. The minimum Gasteiger partial charge on any atom is -0.354 e. The third-order valence-electron chi connectivity index (χ3n) is 4.63. The first-order valence-electron chi connectivity index (χ1n) is 9.01. The molecule has 0 aromatic carbocycles. The lowest BCUT2D eigenvalue weighted by Crippen LogP contribution is -2.46. The van der Waals surface area contributed by atoms with Crippen LogP contribution in [0.1, 0.15) is 11.4 Å². The van der Waals surface area contributed by atoms with Crippen molar-refractivity contribution in [2.24, 2.45) is 0 Å². The quantitative estimate of drug-likeness (QED) is 0.692. The van der Waals surface area contributed by atoms with Crippen molar-refractivity contribution in [1.29, 1.82) is 0 Å². The second-order valence-electron chi connectivity index (χ2n) is 6.66. The first kappa shape index (κ1) is 17.8. The first-order chi connectivity index (χ1) is 13.2. The SMILES string of the molecule is Cc1cc(N2CCN(Cc3ccc(Cl)cn3)CC2)nc(-c2cccnc2)n1. The Morgan fingerprint density at radius 3 is 2.59 bits per heavy atom. The van der Waals surface area contributed by atoms with Gasteiger partial charge in [0.15, 0.2) is 5.82 Å². The molecule has 0 saturated carbocycles. The fourth-order valence-electron chi connectivity index (χ4n) is 3.20. The van der Waals surface area contributed by atoms with Crippen molar-refractivity contribution in [1.82, 2.24) is 24.8 Å². The van der Waals surface area contributed by atoms with Crippen molar-refractivity contribution in [3.63, 3.8) is 0 Å². The van der Waals surface area contributed by atoms with Crippen molar-refractivity contribution >= 4 is 17.4 Å². The van der Waals surface area contributed by atoms with Crippen LogP contribution in [0.5, 0.6) is 0 Å². The lowest BCUT2D eigenvalue weighted by atomic mass is 10.2. The number of hydrogen-bond acceptors (Lipinski definition) is 6. The molecule has 0 unspecified atom stereocenters. The average Bonchev–Trinajstić information content (AvgIpc) is 2.70. The summed E-state index contributed by atoms with van der Waals surface area (Å²) in [5, 5.41) is 0.673. The van der Waals surface area contributed by atoms with Crippen LogP contribution in [-0.4, -0.2) is 51.0 Å². The van der Waals surface area contributed by atoms with Gasteiger partial charge >= 0.3 is 0 Å². The number of rotatable bonds is 4. The Labute approximate surface area is 163 Å². The van der Waals surface area contributed by atoms with Crippen LogP contribution in [0.15, 0.2) is 48.9 Å². The number of anilines is 1. The number of halogens is 1. The van der Waals surface area contributed by atoms with Crippen molar-refractivity contribution < 1.29 is 0 Å². The van der Waals surface area contributed by atoms with Gasteiger partial charge in [0.1, 0.15) is 5.82 Å². The molecule has 7 heteroatoms. The van der Waals surface area contributed by atoms with E-state index in [0.29, 0.717) is 5.02 Å². The molecule has 3 aromatic heterocycles. The summed E-state index contributed by atoms with van der Waals surface area (Å²) >= 11 is 5.91. The second-order valence-corrected chi connectivity index (χ2v) is 7.10. The average molecular weight is 381 g/mol. The summed E-state index contributed by atoms with van der Waals surface area (Å²) in [5.74, 6) is 1.71. The van der Waals surface area contributed by atoms with E-state index in [-0.39, 0.29) is 0 Å². The van der Waals surface area contributed by atoms with Crippen LogP contribution >= 0.6 is 11.6 Å². The molecule has 3 aromatic rings. The van der Waals surface area contributed by atoms with Gasteiger partial charge in [-0.25, -0.2) is 9.97 Å². The Bertz CT molecular complexity index is 892. The van der Waals surface area contributed by atoms with Gasteiger partial charge in [-0.15, -0.1) is 0 Å². The lowest BCUT2D eigenvalue weighted by molar-refractivity contribution is 0.246. The molecule has 4 heterocycles. The number of aryl methyl sites for hydroxylation is 1. The standard InChI is InChI=1S/C20H21ClN6/c1-15-11-19(25-20(24-15)16-3-2-6-22-12-16)27-9-7-26(8-10-27)14-18-5-4-17(21)13-23-18/h2-6,11-13H,7-10,14H2,1H3. The van der Waals surface area contributed by atoms with Crippen LogP contribution in [0.25, 0.3) is 11.4 Å². The zero-order chi connectivity index (χ0) is 18.6. The zero-order valence-electron chi connectivity index (χ0n) is 15.2. The Kier molecular flexibility index (Phi) is 5.27. The highest BCUT2D eigenvalue weighted by Crippen LogP contribution is 2.21. The molecule has 0 bridgehead atoms. The van der Waals surface area contributed by atoms with Gasteiger partial charge in [-0.1, -0.05) is 11.6 Å². The van der Waals surface area contributed by atoms with Gasteiger partial charge in [-0.3, -0.25) is 14.9 Å². The Morgan fingerprint density at radius 1 is 1.04 bits per heavy atom. The molecule has 0 spiro atoms. The van der Waals surface area contributed by atoms with E-state index < -0.39 is 0 Å². The summed E-state index contributed by atoms with van der Waals surface area (Å²) in [6.07, 6.45) is 5.27. The third-order valence-corrected chi connectivity index (χ3v) is 4.85. The van der Waals surface area contributed by atoms with Gasteiger partial charge in [-0.2, -0.15) is 0 Å². The normalized spacial score (nSPS) is 15.1. The van der Waals surface area contributed by atoms with E-state index in [1.807, 2.05) is 31.2 Å². The van der Waals surface area contributed by atoms with Gasteiger partial charge in [-0.05, 0) is 31.2 Å². The third kappa shape index (κ3) is 4.40. The predicted molar refractivity (Wildman–Crippen MR) is 107 cm³/mol. The highest BCUT2D eigenvalue weighted by Gasteiger charge is 2.19. The maximum absolute atomic E-state index is 5.91. The number of hydrogen-bond donors (Lipinski definition) is 0. The highest BCUT2D eigenvalue weighted by molar-refractivity contribution is 6.30. The smallest absolute Gasteiger partial charge is 0.163 e. The minimum atomic E-state index is 0.673. The molecule has 1 aliphatic heterocycles. The van der Waals surface area contributed by atoms with E-state index in [0.717, 1.165) is 61.3 Å². The van der Waals surface area contributed by atoms with E-state index in [1.54, 1.807) is 18.6 Å². The van der Waals surface area contributed by atoms with E-state index in [2.05, 4.69) is 30.8 Å². The molecule has 0 radical (unpaired) electrons. The Balaban J connectivity index is 1.43. The Hall–Kier alpha value is -2.57. The molecule has 1 saturated heterocycles. The molecule has 6 nitrogen and oxygen atoms in total. The maximum atomic E-state index is 5.91. The van der Waals surface area contributed by atoms with Gasteiger partial charge in [0.05, 0.1) is 10.7 Å². The first-order valence-corrected chi connectivity index (χ1v) is 9.39. The Morgan fingerprint density at radius 2 is 1.89 bits per heavy atom. The lowest BCUT2D eigenvalue weighted by Gasteiger charge is -2.35. The predicted octanol–water partition coefficient (Wildman–Crippen LogP) is 3.22. The van der Waals surface area contributed by atoms with E-state index in [1.165, 1.54) is 0 Å². The van der Waals surface area contributed by atoms with Crippen LogP contribution in [0, 0.1) is 6.92 Å². The molecule has 4 rings (SSSR count). The van der Waals surface area contributed by atoms with Crippen molar-refractivity contribution in [2.75, 3.05) is 31.1 Å². The number of piperazine rings is 1. The monoisotopic (exact) mass is 380 g/mol. The molecule has 1 aliphatic rings. The zero-order valence-corrected chi connectivity index (χ0v) is 16.0. The summed E-state index contributed by atoms with van der Waals surface area (Å²) in [7, 11) is 0. The summed E-state index contributed by atoms with van der Waals surface area (Å²) in [6.45, 7) is 6.64. The number of nitrogens with zero attached hydrogens (tertiary/aromatic N) is 6. The maximum Gasteiger partial charge on any atom is 0.163 e. The molecular weight excluding hydrogens is 360 g/mol. The summed E-state index contributed by atoms with van der Waals surface area (Å²) in [4.78, 5) is 22.6. The summed E-state index contributed by atoms with van der Waals surface area (Å²) in [6, 6.07) is 9.83. The minimum absolute atomic E-state index is 0.673. The van der Waals surface area contributed by atoms with Crippen LogP contribution in [0.3, 0.4) is 0 Å². The van der Waals surface area contributed by atoms with Gasteiger partial charge in [0.2, 0.25) is 0 Å². The summed E-state index contributed by atoms with van der Waals surface area (Å²) < 4.78 is 0. The van der Waals surface area contributed by atoms with Crippen LogP contribution in [-0.2, 0) is 6.54 Å². The fourth-order valence-corrected chi connectivity index (χ4v) is 3.31. The molecule has 0 aliphatic carbocycles.